The van der Waals surface area contributed by atoms with E-state index in [4.69, 9.17) is 0 Å². The largest absolute Gasteiger partial charge is 0.508 e. The SMILES string of the molecule is CC1(C)CC(c2cc(-c3ccc4cc(C(=O)O)ccc4c3)ccc2O)CC(C)(C)C1. The molecule has 1 saturated carbocycles. The van der Waals surface area contributed by atoms with Gasteiger partial charge in [-0.25, -0.2) is 4.79 Å². The smallest absolute Gasteiger partial charge is 0.335 e. The molecule has 0 aromatic heterocycles. The number of carboxylic acid groups (broad SMARTS) is 1. The number of carboxylic acids is 1. The normalized spacial score (nSPS) is 18.4. The van der Waals surface area contributed by atoms with Crippen LogP contribution in [-0.2, 0) is 0 Å². The Bertz CT molecular complexity index is 1110. The van der Waals surface area contributed by atoms with Gasteiger partial charge in [0.1, 0.15) is 5.75 Å². The minimum absolute atomic E-state index is 0.250. The Hall–Kier alpha value is -2.81. The highest BCUT2D eigenvalue weighted by atomic mass is 16.4. The van der Waals surface area contributed by atoms with Crippen LogP contribution >= 0.6 is 0 Å². The highest BCUT2D eigenvalue weighted by molar-refractivity contribution is 5.95. The van der Waals surface area contributed by atoms with E-state index in [1.54, 1.807) is 12.1 Å². The van der Waals surface area contributed by atoms with Crippen LogP contribution in [0, 0.1) is 10.8 Å². The molecule has 0 radical (unpaired) electrons. The molecule has 30 heavy (non-hydrogen) atoms. The average Bonchev–Trinajstić information content (AvgIpc) is 2.65. The van der Waals surface area contributed by atoms with Crippen molar-refractivity contribution in [2.45, 2.75) is 52.9 Å². The number of phenols is 1. The Labute approximate surface area is 178 Å². The second kappa shape index (κ2) is 7.16. The molecule has 3 heteroatoms. The van der Waals surface area contributed by atoms with Crippen LogP contribution in [0.2, 0.25) is 0 Å². The van der Waals surface area contributed by atoms with Crippen molar-refractivity contribution in [1.29, 1.82) is 0 Å². The van der Waals surface area contributed by atoms with Crippen LogP contribution in [0.1, 0.15) is 68.8 Å². The molecule has 0 amide bonds. The quantitative estimate of drug-likeness (QED) is 0.486. The van der Waals surface area contributed by atoms with Gasteiger partial charge in [-0.05, 0) is 93.8 Å². The van der Waals surface area contributed by atoms with Gasteiger partial charge in [0, 0.05) is 0 Å². The Morgan fingerprint density at radius 3 is 2.07 bits per heavy atom. The summed E-state index contributed by atoms with van der Waals surface area (Å²) in [5, 5.41) is 21.8. The van der Waals surface area contributed by atoms with E-state index in [1.807, 2.05) is 30.3 Å². The van der Waals surface area contributed by atoms with Crippen LogP contribution in [0.15, 0.2) is 54.6 Å². The van der Waals surface area contributed by atoms with Crippen molar-refractivity contribution < 1.29 is 15.0 Å². The summed E-state index contributed by atoms with van der Waals surface area (Å²) >= 11 is 0. The maximum atomic E-state index is 11.2. The first-order chi connectivity index (χ1) is 14.0. The van der Waals surface area contributed by atoms with Crippen LogP contribution in [0.5, 0.6) is 5.75 Å². The van der Waals surface area contributed by atoms with E-state index in [0.717, 1.165) is 40.3 Å². The molecule has 1 aliphatic rings. The molecule has 0 bridgehead atoms. The van der Waals surface area contributed by atoms with E-state index >= 15 is 0 Å². The molecule has 1 fully saturated rings. The first-order valence-corrected chi connectivity index (χ1v) is 10.6. The van der Waals surface area contributed by atoms with E-state index in [-0.39, 0.29) is 10.8 Å². The molecule has 0 spiro atoms. The monoisotopic (exact) mass is 402 g/mol. The predicted octanol–water partition coefficient (Wildman–Crippen LogP) is 7.23. The molecular formula is C27H30O3. The van der Waals surface area contributed by atoms with Crippen LogP contribution in [0.4, 0.5) is 0 Å². The maximum Gasteiger partial charge on any atom is 0.335 e. The fourth-order valence-electron chi connectivity index (χ4n) is 5.69. The Morgan fingerprint density at radius 1 is 0.833 bits per heavy atom. The molecule has 0 aliphatic heterocycles. The third-order valence-corrected chi connectivity index (χ3v) is 6.44. The van der Waals surface area contributed by atoms with Crippen molar-refractivity contribution in [2.75, 3.05) is 0 Å². The number of aromatic carboxylic acids is 1. The molecule has 3 aromatic carbocycles. The number of benzene rings is 3. The third kappa shape index (κ3) is 4.07. The predicted molar refractivity (Wildman–Crippen MR) is 122 cm³/mol. The average molecular weight is 403 g/mol. The summed E-state index contributed by atoms with van der Waals surface area (Å²) in [6.45, 7) is 9.32. The van der Waals surface area contributed by atoms with E-state index < -0.39 is 5.97 Å². The Morgan fingerprint density at radius 2 is 1.40 bits per heavy atom. The summed E-state index contributed by atoms with van der Waals surface area (Å²) in [7, 11) is 0. The molecule has 156 valence electrons. The molecule has 0 atom stereocenters. The van der Waals surface area contributed by atoms with Crippen molar-refractivity contribution >= 4 is 16.7 Å². The van der Waals surface area contributed by atoms with Gasteiger partial charge < -0.3 is 10.2 Å². The van der Waals surface area contributed by atoms with Crippen LogP contribution in [0.3, 0.4) is 0 Å². The van der Waals surface area contributed by atoms with Gasteiger partial charge in [-0.2, -0.15) is 0 Å². The summed E-state index contributed by atoms with van der Waals surface area (Å²) in [5.41, 5.74) is 3.98. The number of fused-ring (bicyclic) bond motifs is 1. The second-order valence-electron chi connectivity index (χ2n) is 10.5. The van der Waals surface area contributed by atoms with Crippen LogP contribution < -0.4 is 0 Å². The van der Waals surface area contributed by atoms with E-state index in [1.165, 1.54) is 6.42 Å². The van der Waals surface area contributed by atoms with Gasteiger partial charge >= 0.3 is 5.97 Å². The Balaban J connectivity index is 1.72. The summed E-state index contributed by atoms with van der Waals surface area (Å²) in [5.74, 6) is -0.200. The van der Waals surface area contributed by atoms with Crippen molar-refractivity contribution in [3.05, 3.63) is 65.7 Å². The molecule has 1 aliphatic carbocycles. The fraction of sp³-hybridized carbons (Fsp3) is 0.370. The van der Waals surface area contributed by atoms with Crippen molar-refractivity contribution in [2.24, 2.45) is 10.8 Å². The Kier molecular flexibility index (Phi) is 4.88. The van der Waals surface area contributed by atoms with Crippen LogP contribution in [0.25, 0.3) is 21.9 Å². The van der Waals surface area contributed by atoms with Gasteiger partial charge in [-0.15, -0.1) is 0 Å². The van der Waals surface area contributed by atoms with E-state index in [2.05, 4.69) is 39.8 Å². The third-order valence-electron chi connectivity index (χ3n) is 6.44. The minimum Gasteiger partial charge on any atom is -0.508 e. The number of rotatable bonds is 3. The summed E-state index contributed by atoms with van der Waals surface area (Å²) in [6.07, 6.45) is 3.34. The zero-order valence-corrected chi connectivity index (χ0v) is 18.2. The highest BCUT2D eigenvalue weighted by Gasteiger charge is 2.39. The van der Waals surface area contributed by atoms with Crippen LogP contribution in [-0.4, -0.2) is 16.2 Å². The zero-order chi connectivity index (χ0) is 21.7. The van der Waals surface area contributed by atoms with Gasteiger partial charge in [-0.3, -0.25) is 0 Å². The molecule has 0 saturated heterocycles. The lowest BCUT2D eigenvalue weighted by molar-refractivity contribution is 0.0697. The number of hydrogen-bond donors (Lipinski definition) is 2. The van der Waals surface area contributed by atoms with Crippen molar-refractivity contribution in [3.8, 4) is 16.9 Å². The molecule has 3 aromatic rings. The molecule has 0 unspecified atom stereocenters. The highest BCUT2D eigenvalue weighted by Crippen LogP contribution is 2.53. The number of aromatic hydroxyl groups is 1. The topological polar surface area (TPSA) is 57.5 Å². The summed E-state index contributed by atoms with van der Waals surface area (Å²) in [6, 6.07) is 17.2. The maximum absolute atomic E-state index is 11.2. The fourth-order valence-corrected chi connectivity index (χ4v) is 5.69. The first-order valence-electron chi connectivity index (χ1n) is 10.6. The summed E-state index contributed by atoms with van der Waals surface area (Å²) < 4.78 is 0. The molecule has 3 nitrogen and oxygen atoms in total. The first kappa shape index (κ1) is 20.5. The lowest BCUT2D eigenvalue weighted by Crippen LogP contribution is -2.32. The molecular weight excluding hydrogens is 372 g/mol. The standard InChI is InChI=1S/C27H30O3/c1-26(2)14-22(15-27(3,4)16-26)23-13-20(9-10-24(23)28)18-5-6-19-12-21(25(29)30)8-7-17(19)11-18/h5-13,22,28H,14-16H2,1-4H3,(H,29,30). The van der Waals surface area contributed by atoms with Gasteiger partial charge in [0.2, 0.25) is 0 Å². The summed E-state index contributed by atoms with van der Waals surface area (Å²) in [4.78, 5) is 11.2. The van der Waals surface area contributed by atoms with Gasteiger partial charge in [-0.1, -0.05) is 52.0 Å². The molecule has 4 rings (SSSR count). The van der Waals surface area contributed by atoms with Crippen molar-refractivity contribution in [3.63, 3.8) is 0 Å². The zero-order valence-electron chi connectivity index (χ0n) is 18.2. The number of phenolic OH excluding ortho intramolecular Hbond substituents is 1. The van der Waals surface area contributed by atoms with Gasteiger partial charge in [0.25, 0.3) is 0 Å². The van der Waals surface area contributed by atoms with Crippen molar-refractivity contribution in [1.82, 2.24) is 0 Å². The van der Waals surface area contributed by atoms with E-state index in [0.29, 0.717) is 17.2 Å². The lowest BCUT2D eigenvalue weighted by Gasteiger charge is -2.45. The van der Waals surface area contributed by atoms with Gasteiger partial charge in [0.05, 0.1) is 5.56 Å². The molecule has 2 N–H and O–H groups in total. The number of hydrogen-bond acceptors (Lipinski definition) is 2. The minimum atomic E-state index is -0.914. The van der Waals surface area contributed by atoms with Gasteiger partial charge in [0.15, 0.2) is 0 Å². The van der Waals surface area contributed by atoms with E-state index in [9.17, 15) is 15.0 Å². The molecule has 0 heterocycles. The number of carbonyl (C=O) groups is 1. The second-order valence-corrected chi connectivity index (χ2v) is 10.5. The lowest BCUT2D eigenvalue weighted by atomic mass is 9.60.